The Morgan fingerprint density at radius 2 is 1.68 bits per heavy atom. The first-order valence-electron chi connectivity index (χ1n) is 17.3. The van der Waals surface area contributed by atoms with Crippen molar-refractivity contribution in [3.63, 3.8) is 0 Å². The number of hydrogen-bond donors (Lipinski definition) is 11. The van der Waals surface area contributed by atoms with Crippen molar-refractivity contribution in [3.05, 3.63) is 12.7 Å². The standard InChI is InChI=1S/C28H45N8O20P3S/c1-14(37)35-15(4-5-18(39)40)27(44)60-9-8-30-17(38)6-7-31-25(43)22(42)28(2,3)11-53-59(50,51)56-58(48,49)52-10-16-21(55-57(45,46)47)20(41)26(54-16)36-13-34-19-23(29)32-12-33-24(19)36/h12-13,15-16,20-22,26,41-42H,4-11H2,1-3H3,(H,30,38)(H,31,43)(H,35,37)(H,39,40)(H,48,49)(H,50,51)(H2,29,32,33)(H2,45,46,47). The van der Waals surface area contributed by atoms with E-state index < -0.39 is 108 Å². The zero-order valence-corrected chi connectivity index (χ0v) is 35.3. The van der Waals surface area contributed by atoms with E-state index in [9.17, 15) is 67.5 Å². The number of phosphoric acid groups is 3. The number of nitrogen functional groups attached to an aromatic ring is 1. The van der Waals surface area contributed by atoms with E-state index >= 15 is 0 Å². The number of thioether (sulfide) groups is 1. The zero-order valence-electron chi connectivity index (χ0n) is 31.8. The van der Waals surface area contributed by atoms with Gasteiger partial charge in [0.25, 0.3) is 0 Å². The van der Waals surface area contributed by atoms with Crippen LogP contribution >= 0.6 is 35.2 Å². The Labute approximate surface area is 343 Å². The number of aliphatic carboxylic acids is 1. The monoisotopic (exact) mass is 938 g/mol. The molecule has 3 rings (SSSR count). The maximum absolute atomic E-state index is 12.7. The molecular formula is C28H45N8O20P3S. The van der Waals surface area contributed by atoms with Crippen LogP contribution in [0.1, 0.15) is 46.3 Å². The van der Waals surface area contributed by atoms with Gasteiger partial charge >= 0.3 is 29.4 Å². The Balaban J connectivity index is 1.47. The van der Waals surface area contributed by atoms with Crippen molar-refractivity contribution in [1.29, 1.82) is 0 Å². The Morgan fingerprint density at radius 1 is 1.02 bits per heavy atom. The van der Waals surface area contributed by atoms with E-state index in [-0.39, 0.29) is 55.1 Å². The second-order valence-corrected chi connectivity index (χ2v) is 18.8. The van der Waals surface area contributed by atoms with Gasteiger partial charge in [0.05, 0.1) is 25.6 Å². The lowest BCUT2D eigenvalue weighted by atomic mass is 9.87. The van der Waals surface area contributed by atoms with E-state index in [4.69, 9.17) is 24.6 Å². The molecule has 3 amide bonds. The predicted molar refractivity (Wildman–Crippen MR) is 202 cm³/mol. The van der Waals surface area contributed by atoms with Gasteiger partial charge in [0, 0.05) is 44.0 Å². The van der Waals surface area contributed by atoms with Crippen LogP contribution < -0.4 is 21.7 Å². The van der Waals surface area contributed by atoms with Gasteiger partial charge in [-0.25, -0.2) is 28.6 Å². The number of fused-ring (bicyclic) bond motifs is 1. The lowest BCUT2D eigenvalue weighted by Crippen LogP contribution is -2.46. The smallest absolute Gasteiger partial charge is 0.481 e. The highest BCUT2D eigenvalue weighted by Crippen LogP contribution is 2.61. The van der Waals surface area contributed by atoms with Gasteiger partial charge < -0.3 is 61.3 Å². The van der Waals surface area contributed by atoms with Crippen molar-refractivity contribution in [2.45, 2.75) is 76.7 Å². The number of aromatic nitrogens is 4. The summed E-state index contributed by atoms with van der Waals surface area (Å²) >= 11 is 0.764. The van der Waals surface area contributed by atoms with Gasteiger partial charge in [0.2, 0.25) is 22.8 Å². The molecule has 1 aliphatic heterocycles. The average Bonchev–Trinajstić information content (AvgIpc) is 3.69. The summed E-state index contributed by atoms with van der Waals surface area (Å²) in [6.45, 7) is 1.20. The number of carboxylic acids is 1. The Hall–Kier alpha value is -3.50. The summed E-state index contributed by atoms with van der Waals surface area (Å²) in [5, 5.41) is 36.9. The number of carboxylic acid groups (broad SMARTS) is 1. The van der Waals surface area contributed by atoms with Crippen molar-refractivity contribution in [1.82, 2.24) is 35.5 Å². The largest absolute Gasteiger partial charge is 0.481 e. The topological polar surface area (TPSA) is 430 Å². The van der Waals surface area contributed by atoms with Gasteiger partial charge in [-0.2, -0.15) is 4.31 Å². The van der Waals surface area contributed by atoms with E-state index in [1.165, 1.54) is 20.8 Å². The van der Waals surface area contributed by atoms with Gasteiger partial charge in [-0.15, -0.1) is 0 Å². The highest BCUT2D eigenvalue weighted by Gasteiger charge is 2.50. The number of carbonyl (C=O) groups is 5. The third-order valence-corrected chi connectivity index (χ3v) is 12.1. The molecule has 2 aromatic rings. The molecule has 28 nitrogen and oxygen atoms in total. The molecule has 0 aliphatic carbocycles. The minimum atomic E-state index is -5.61. The van der Waals surface area contributed by atoms with Gasteiger partial charge in [-0.3, -0.25) is 42.1 Å². The first kappa shape index (κ1) is 50.9. The maximum Gasteiger partial charge on any atom is 0.481 e. The number of carbonyl (C=O) groups excluding carboxylic acids is 4. The molecule has 1 saturated heterocycles. The fourth-order valence-corrected chi connectivity index (χ4v) is 8.76. The number of aliphatic hydroxyl groups is 2. The van der Waals surface area contributed by atoms with Crippen molar-refractivity contribution < 1.29 is 95.2 Å². The van der Waals surface area contributed by atoms with Crippen molar-refractivity contribution in [3.8, 4) is 0 Å². The molecule has 32 heteroatoms. The molecule has 338 valence electrons. The van der Waals surface area contributed by atoms with Crippen LogP contribution in [0.4, 0.5) is 5.82 Å². The summed E-state index contributed by atoms with van der Waals surface area (Å²) in [5.41, 5.74) is 4.16. The molecular weight excluding hydrogens is 893 g/mol. The molecule has 1 fully saturated rings. The number of nitrogens with one attached hydrogen (secondary N) is 3. The molecule has 0 radical (unpaired) electrons. The first-order valence-corrected chi connectivity index (χ1v) is 22.8. The molecule has 60 heavy (non-hydrogen) atoms. The van der Waals surface area contributed by atoms with Crippen LogP contribution in [0.2, 0.25) is 0 Å². The SMILES string of the molecule is CC(=O)NC(CCC(=O)O)C(=O)SCCNC(=O)CCNC(=O)C(O)C(C)(C)COP(=O)(O)OP(=O)(O)OCC1OC(n2cnc3c(N)ncnc32)C(O)C1OP(=O)(O)O. The molecule has 1 aliphatic rings. The molecule has 0 bridgehead atoms. The average molecular weight is 939 g/mol. The van der Waals surface area contributed by atoms with Crippen LogP contribution in [-0.4, -0.2) is 146 Å². The van der Waals surface area contributed by atoms with Gasteiger partial charge in [-0.1, -0.05) is 25.6 Å². The normalized spacial score (nSPS) is 21.4. The Bertz CT molecular complexity index is 2020. The van der Waals surface area contributed by atoms with Crippen LogP contribution in [0.15, 0.2) is 12.7 Å². The molecule has 2 aromatic heterocycles. The summed E-state index contributed by atoms with van der Waals surface area (Å²) < 4.78 is 62.0. The van der Waals surface area contributed by atoms with Crippen molar-refractivity contribution in [2.24, 2.45) is 5.41 Å². The lowest BCUT2D eigenvalue weighted by molar-refractivity contribution is -0.138. The van der Waals surface area contributed by atoms with Crippen molar-refractivity contribution in [2.75, 3.05) is 37.8 Å². The van der Waals surface area contributed by atoms with E-state index in [1.807, 2.05) is 0 Å². The molecule has 0 aromatic carbocycles. The Morgan fingerprint density at radius 3 is 2.32 bits per heavy atom. The summed E-state index contributed by atoms with van der Waals surface area (Å²) in [6, 6.07) is -1.03. The number of aliphatic hydroxyl groups excluding tert-OH is 2. The fourth-order valence-electron chi connectivity index (χ4n) is 5.14. The van der Waals surface area contributed by atoms with Crippen LogP contribution in [0.25, 0.3) is 11.2 Å². The highest BCUT2D eigenvalue weighted by molar-refractivity contribution is 8.13. The number of rotatable bonds is 24. The number of hydrogen-bond acceptors (Lipinski definition) is 20. The predicted octanol–water partition coefficient (Wildman–Crippen LogP) is -1.97. The van der Waals surface area contributed by atoms with Crippen LogP contribution in [0.5, 0.6) is 0 Å². The van der Waals surface area contributed by atoms with Crippen LogP contribution in [0, 0.1) is 5.41 Å². The summed E-state index contributed by atoms with van der Waals surface area (Å²) in [4.78, 5) is 110. The van der Waals surface area contributed by atoms with E-state index in [0.29, 0.717) is 0 Å². The number of imidazole rings is 1. The lowest BCUT2D eigenvalue weighted by Gasteiger charge is -2.30. The van der Waals surface area contributed by atoms with E-state index in [1.54, 1.807) is 0 Å². The number of anilines is 1. The second-order valence-electron chi connectivity index (χ2n) is 13.4. The molecule has 0 saturated carbocycles. The van der Waals surface area contributed by atoms with E-state index in [2.05, 4.69) is 39.7 Å². The minimum Gasteiger partial charge on any atom is -0.481 e. The number of nitrogens with two attached hydrogens (primary N) is 1. The first-order chi connectivity index (χ1) is 27.7. The molecule has 3 heterocycles. The molecule has 8 atom stereocenters. The van der Waals surface area contributed by atoms with Crippen molar-refractivity contribution >= 4 is 81.0 Å². The zero-order chi connectivity index (χ0) is 45.2. The third-order valence-electron chi connectivity index (χ3n) is 8.05. The fraction of sp³-hybridized carbons (Fsp3) is 0.643. The number of ether oxygens (including phenoxy) is 1. The number of nitrogens with zero attached hydrogens (tertiary/aromatic N) is 4. The minimum absolute atomic E-state index is 0.00313. The highest BCUT2D eigenvalue weighted by atomic mass is 32.2. The molecule has 12 N–H and O–H groups in total. The summed E-state index contributed by atoms with van der Waals surface area (Å²) in [5.74, 6) is -3.26. The van der Waals surface area contributed by atoms with Crippen LogP contribution in [-0.2, 0) is 60.3 Å². The quantitative estimate of drug-likeness (QED) is 0.0402. The van der Waals surface area contributed by atoms with Crippen LogP contribution in [0.3, 0.4) is 0 Å². The van der Waals surface area contributed by atoms with Gasteiger partial charge in [0.15, 0.2) is 17.7 Å². The maximum atomic E-state index is 12.7. The third kappa shape index (κ3) is 15.8. The number of phosphoric ester groups is 3. The van der Waals surface area contributed by atoms with E-state index in [0.717, 1.165) is 29.0 Å². The van der Waals surface area contributed by atoms with Gasteiger partial charge in [0.1, 0.15) is 36.3 Å². The summed E-state index contributed by atoms with van der Waals surface area (Å²) in [7, 11) is -16.5. The number of amides is 3. The molecule has 0 spiro atoms. The second kappa shape index (κ2) is 21.5. The van der Waals surface area contributed by atoms with Gasteiger partial charge in [-0.05, 0) is 6.42 Å². The summed E-state index contributed by atoms with van der Waals surface area (Å²) in [6.07, 6.45) is -7.69. The Kier molecular flexibility index (Phi) is 18.2. The molecule has 8 unspecified atom stereocenters.